The van der Waals surface area contributed by atoms with Gasteiger partial charge in [-0.2, -0.15) is 0 Å². The van der Waals surface area contributed by atoms with Crippen LogP contribution >= 0.6 is 0 Å². The van der Waals surface area contributed by atoms with E-state index in [1.54, 1.807) is 14.2 Å². The Morgan fingerprint density at radius 3 is 2.25 bits per heavy atom. The fourth-order valence-corrected chi connectivity index (χ4v) is 4.49. The fourth-order valence-electron chi connectivity index (χ4n) is 4.49. The van der Waals surface area contributed by atoms with Crippen LogP contribution in [-0.4, -0.2) is 46.4 Å². The molecule has 0 unspecified atom stereocenters. The van der Waals surface area contributed by atoms with Crippen molar-refractivity contribution >= 4 is 5.97 Å². The quantitative estimate of drug-likeness (QED) is 0.553. The van der Waals surface area contributed by atoms with Crippen LogP contribution in [0, 0.1) is 0 Å². The molecule has 2 atom stereocenters. The first-order chi connectivity index (χ1) is 15.6. The highest BCUT2D eigenvalue weighted by Crippen LogP contribution is 2.54. The lowest BCUT2D eigenvalue weighted by Gasteiger charge is -2.32. The topological polar surface area (TPSA) is 98.5 Å². The van der Waals surface area contributed by atoms with Crippen LogP contribution in [0.5, 0.6) is 28.7 Å². The highest BCUT2D eigenvalue weighted by Gasteiger charge is 2.43. The monoisotopic (exact) mass is 439 g/mol. The second kappa shape index (κ2) is 7.67. The van der Waals surface area contributed by atoms with E-state index in [-0.39, 0.29) is 6.79 Å². The molecule has 2 heterocycles. The van der Waals surface area contributed by atoms with Crippen molar-refractivity contribution in [2.24, 2.45) is 0 Å². The zero-order valence-electron chi connectivity index (χ0n) is 18.0. The summed E-state index contributed by atoms with van der Waals surface area (Å²) in [6.45, 7) is 0.124. The normalized spacial score (nSPS) is 17.9. The molecule has 0 fully saturated rings. The van der Waals surface area contributed by atoms with Gasteiger partial charge in [0.1, 0.15) is 12.0 Å². The predicted molar refractivity (Wildman–Crippen MR) is 111 cm³/mol. The summed E-state index contributed by atoms with van der Waals surface area (Å²) < 4.78 is 38.2. The largest absolute Gasteiger partial charge is 0.493 e. The molecule has 0 spiro atoms. The molecule has 32 heavy (non-hydrogen) atoms. The number of esters is 1. The lowest BCUT2D eigenvalue weighted by molar-refractivity contribution is -0.142. The third kappa shape index (κ3) is 2.84. The van der Waals surface area contributed by atoms with Crippen molar-refractivity contribution in [3.05, 3.63) is 47.2 Å². The summed E-state index contributed by atoms with van der Waals surface area (Å²) in [5.74, 6) is 1.02. The molecule has 166 valence electrons. The Morgan fingerprint density at radius 2 is 1.62 bits per heavy atom. The number of methoxy groups -OCH3 is 4. The SMILES string of the molecule is COC(=O)[C@@H]1c2conc2-c2cc3c(cc2[C@H]1c1cc(OC)c(OC)c(OC)c1)OCO3. The Bertz CT molecular complexity index is 1180. The highest BCUT2D eigenvalue weighted by atomic mass is 16.7. The molecule has 5 rings (SSSR count). The molecule has 9 nitrogen and oxygen atoms in total. The van der Waals surface area contributed by atoms with Crippen LogP contribution in [0.2, 0.25) is 0 Å². The van der Waals surface area contributed by atoms with Crippen LogP contribution in [0.25, 0.3) is 11.3 Å². The molecule has 2 aliphatic rings. The maximum atomic E-state index is 13.1. The number of benzene rings is 2. The van der Waals surface area contributed by atoms with Crippen molar-refractivity contribution < 1.29 is 37.7 Å². The second-order valence-corrected chi connectivity index (χ2v) is 7.35. The molecule has 1 aliphatic carbocycles. The number of carbonyl (C=O) groups is 1. The summed E-state index contributed by atoms with van der Waals surface area (Å²) in [6.07, 6.45) is 1.48. The molecule has 0 bridgehead atoms. The number of rotatable bonds is 5. The van der Waals surface area contributed by atoms with Gasteiger partial charge in [0.25, 0.3) is 0 Å². The average molecular weight is 439 g/mol. The minimum absolute atomic E-state index is 0.124. The van der Waals surface area contributed by atoms with E-state index in [2.05, 4.69) is 5.16 Å². The van der Waals surface area contributed by atoms with Gasteiger partial charge in [-0.15, -0.1) is 0 Å². The minimum Gasteiger partial charge on any atom is -0.493 e. The van der Waals surface area contributed by atoms with E-state index < -0.39 is 17.8 Å². The van der Waals surface area contributed by atoms with Crippen LogP contribution in [0.15, 0.2) is 35.1 Å². The number of nitrogens with zero attached hydrogens (tertiary/aromatic N) is 1. The standard InChI is InChI=1S/C23H21NO8/c1-26-17-5-11(6-18(27-2)22(17)28-3)19-12-7-15-16(31-10-30-15)8-13(12)21-14(9-32-24-21)20(19)23(25)29-4/h5-9,19-20H,10H2,1-4H3/t19-,20-/m1/s1. The summed E-state index contributed by atoms with van der Waals surface area (Å²) >= 11 is 0. The smallest absolute Gasteiger partial charge is 0.314 e. The number of aromatic nitrogens is 1. The van der Waals surface area contributed by atoms with E-state index in [9.17, 15) is 4.79 Å². The van der Waals surface area contributed by atoms with Gasteiger partial charge in [0, 0.05) is 17.0 Å². The third-order valence-electron chi connectivity index (χ3n) is 5.90. The van der Waals surface area contributed by atoms with E-state index in [1.165, 1.54) is 20.5 Å². The van der Waals surface area contributed by atoms with Crippen molar-refractivity contribution in [3.8, 4) is 40.0 Å². The van der Waals surface area contributed by atoms with Crippen molar-refractivity contribution in [2.75, 3.05) is 35.2 Å². The van der Waals surface area contributed by atoms with Crippen molar-refractivity contribution in [2.45, 2.75) is 11.8 Å². The zero-order valence-corrected chi connectivity index (χ0v) is 18.0. The Morgan fingerprint density at radius 1 is 0.938 bits per heavy atom. The van der Waals surface area contributed by atoms with Crippen molar-refractivity contribution in [1.82, 2.24) is 5.16 Å². The second-order valence-electron chi connectivity index (χ2n) is 7.35. The van der Waals surface area contributed by atoms with E-state index in [1.807, 2.05) is 24.3 Å². The molecule has 0 saturated carbocycles. The molecule has 3 aromatic rings. The molecular weight excluding hydrogens is 418 g/mol. The van der Waals surface area contributed by atoms with Gasteiger partial charge in [-0.3, -0.25) is 4.79 Å². The maximum absolute atomic E-state index is 13.1. The van der Waals surface area contributed by atoms with E-state index in [4.69, 9.17) is 32.9 Å². The summed E-state index contributed by atoms with van der Waals surface area (Å²) in [7, 11) is 5.99. The minimum atomic E-state index is -0.711. The van der Waals surface area contributed by atoms with Gasteiger partial charge in [-0.05, 0) is 35.4 Å². The molecule has 2 aromatic carbocycles. The van der Waals surface area contributed by atoms with Crippen molar-refractivity contribution in [1.29, 1.82) is 0 Å². The number of carbonyl (C=O) groups excluding carboxylic acids is 1. The van der Waals surface area contributed by atoms with Crippen LogP contribution in [0.1, 0.15) is 28.5 Å². The first kappa shape index (κ1) is 20.0. The summed E-state index contributed by atoms with van der Waals surface area (Å²) in [6, 6.07) is 7.39. The fraction of sp³-hybridized carbons (Fsp3) is 0.304. The molecule has 0 radical (unpaired) electrons. The zero-order chi connectivity index (χ0) is 22.4. The summed E-state index contributed by atoms with van der Waals surface area (Å²) in [5, 5.41) is 4.16. The number of fused-ring (bicyclic) bond motifs is 4. The molecular formula is C23H21NO8. The lowest BCUT2D eigenvalue weighted by Crippen LogP contribution is -2.26. The van der Waals surface area contributed by atoms with E-state index >= 15 is 0 Å². The molecule has 0 amide bonds. The van der Waals surface area contributed by atoms with Crippen LogP contribution in [0.3, 0.4) is 0 Å². The summed E-state index contributed by atoms with van der Waals surface area (Å²) in [4.78, 5) is 13.1. The van der Waals surface area contributed by atoms with Gasteiger partial charge in [0.05, 0.1) is 34.4 Å². The lowest BCUT2D eigenvalue weighted by atomic mass is 9.70. The van der Waals surface area contributed by atoms with Crippen LogP contribution in [0.4, 0.5) is 0 Å². The number of hydrogen-bond donors (Lipinski definition) is 0. The first-order valence-electron chi connectivity index (χ1n) is 9.87. The Balaban J connectivity index is 1.80. The molecule has 1 aliphatic heterocycles. The van der Waals surface area contributed by atoms with Crippen LogP contribution < -0.4 is 23.7 Å². The number of hydrogen-bond acceptors (Lipinski definition) is 9. The summed E-state index contributed by atoms with van der Waals surface area (Å²) in [5.41, 5.74) is 3.57. The molecule has 9 heteroatoms. The predicted octanol–water partition coefficient (Wildman–Crippen LogP) is 3.50. The Labute approximate surface area is 183 Å². The van der Waals surface area contributed by atoms with Gasteiger partial charge in [-0.25, -0.2) is 0 Å². The van der Waals surface area contributed by atoms with Gasteiger partial charge in [-0.1, -0.05) is 5.16 Å². The molecule has 0 N–H and O–H groups in total. The van der Waals surface area contributed by atoms with E-state index in [0.29, 0.717) is 40.0 Å². The van der Waals surface area contributed by atoms with E-state index in [0.717, 1.165) is 16.7 Å². The number of ether oxygens (including phenoxy) is 6. The Hall–Kier alpha value is -3.88. The molecule has 1 aromatic heterocycles. The average Bonchev–Trinajstić information content (AvgIpc) is 3.49. The molecule has 0 saturated heterocycles. The van der Waals surface area contributed by atoms with Crippen LogP contribution in [-0.2, 0) is 9.53 Å². The van der Waals surface area contributed by atoms with Gasteiger partial charge < -0.3 is 32.9 Å². The first-order valence-corrected chi connectivity index (χ1v) is 9.87. The third-order valence-corrected chi connectivity index (χ3v) is 5.90. The Kier molecular flexibility index (Phi) is 4.80. The van der Waals surface area contributed by atoms with Gasteiger partial charge >= 0.3 is 5.97 Å². The highest BCUT2D eigenvalue weighted by molar-refractivity contribution is 5.88. The maximum Gasteiger partial charge on any atom is 0.314 e. The van der Waals surface area contributed by atoms with Crippen molar-refractivity contribution in [3.63, 3.8) is 0 Å². The van der Waals surface area contributed by atoms with Gasteiger partial charge in [0.2, 0.25) is 12.5 Å². The van der Waals surface area contributed by atoms with Gasteiger partial charge in [0.15, 0.2) is 23.0 Å².